The number of carboxylic acids is 1. The number of aryl methyl sites for hydroxylation is 1. The van der Waals surface area contributed by atoms with Crippen LogP contribution in [0.2, 0.25) is 0 Å². The van der Waals surface area contributed by atoms with Crippen molar-refractivity contribution in [1.29, 1.82) is 0 Å². The van der Waals surface area contributed by atoms with Gasteiger partial charge in [0.2, 0.25) is 5.91 Å². The summed E-state index contributed by atoms with van der Waals surface area (Å²) in [6.45, 7) is 0.257. The number of hydrogen-bond acceptors (Lipinski definition) is 6. The SMILES string of the molecule is NC(N)=NCCC[C@@H](NC(=O)CCn1nnc2ccccc2c1=O)C(=O)O. The lowest BCUT2D eigenvalue weighted by atomic mass is 10.1. The Bertz CT molecular complexity index is 905. The standard InChI is InChI=1S/C16H21N7O4/c17-16(18)19-8-3-6-12(15(26)27)20-13(24)7-9-23-14(25)10-4-1-2-5-11(10)21-22-23/h1-2,4-5,12H,3,6-9H2,(H,20,24)(H,26,27)(H4,17,18,19)/t12-/m1/s1. The number of fused-ring (bicyclic) bond motifs is 1. The smallest absolute Gasteiger partial charge is 0.326 e. The van der Waals surface area contributed by atoms with Crippen LogP contribution in [0.15, 0.2) is 34.1 Å². The summed E-state index contributed by atoms with van der Waals surface area (Å²) < 4.78 is 1.08. The van der Waals surface area contributed by atoms with Crippen molar-refractivity contribution in [1.82, 2.24) is 20.3 Å². The van der Waals surface area contributed by atoms with E-state index in [-0.39, 0.29) is 37.4 Å². The monoisotopic (exact) mass is 375 g/mol. The number of nitrogens with zero attached hydrogens (tertiary/aromatic N) is 4. The average Bonchev–Trinajstić information content (AvgIpc) is 2.63. The van der Waals surface area contributed by atoms with Crippen molar-refractivity contribution in [2.75, 3.05) is 6.54 Å². The highest BCUT2D eigenvalue weighted by molar-refractivity contribution is 5.83. The maximum atomic E-state index is 12.3. The molecule has 1 heterocycles. The number of rotatable bonds is 9. The van der Waals surface area contributed by atoms with Gasteiger partial charge in [0, 0.05) is 13.0 Å². The number of hydrogen-bond donors (Lipinski definition) is 4. The summed E-state index contributed by atoms with van der Waals surface area (Å²) in [5.74, 6) is -1.74. The minimum absolute atomic E-state index is 0.0111. The van der Waals surface area contributed by atoms with Crippen LogP contribution in [-0.4, -0.2) is 50.5 Å². The van der Waals surface area contributed by atoms with Crippen molar-refractivity contribution < 1.29 is 14.7 Å². The minimum atomic E-state index is -1.16. The highest BCUT2D eigenvalue weighted by Gasteiger charge is 2.19. The zero-order chi connectivity index (χ0) is 19.8. The molecule has 2 aromatic rings. The molecule has 1 amide bonds. The zero-order valence-corrected chi connectivity index (χ0v) is 14.5. The van der Waals surface area contributed by atoms with E-state index in [4.69, 9.17) is 11.5 Å². The molecule has 2 rings (SSSR count). The normalized spacial score (nSPS) is 11.7. The van der Waals surface area contributed by atoms with Crippen LogP contribution in [-0.2, 0) is 16.1 Å². The maximum absolute atomic E-state index is 12.3. The molecule has 11 nitrogen and oxygen atoms in total. The number of amides is 1. The fourth-order valence-electron chi connectivity index (χ4n) is 2.40. The van der Waals surface area contributed by atoms with Gasteiger partial charge in [0.1, 0.15) is 11.6 Å². The topological polar surface area (TPSA) is 179 Å². The maximum Gasteiger partial charge on any atom is 0.326 e. The van der Waals surface area contributed by atoms with Crippen LogP contribution < -0.4 is 22.3 Å². The molecule has 27 heavy (non-hydrogen) atoms. The van der Waals surface area contributed by atoms with Crippen molar-refractivity contribution in [3.63, 3.8) is 0 Å². The second-order valence-electron chi connectivity index (χ2n) is 5.79. The fraction of sp³-hybridized carbons (Fsp3) is 0.375. The largest absolute Gasteiger partial charge is 0.480 e. The molecule has 0 unspecified atom stereocenters. The van der Waals surface area contributed by atoms with Crippen LogP contribution in [0.4, 0.5) is 0 Å². The van der Waals surface area contributed by atoms with Crippen molar-refractivity contribution in [3.8, 4) is 0 Å². The molecule has 0 aliphatic rings. The van der Waals surface area contributed by atoms with Crippen LogP contribution >= 0.6 is 0 Å². The summed E-state index contributed by atoms with van der Waals surface area (Å²) in [5, 5.41) is 19.7. The van der Waals surface area contributed by atoms with Crippen molar-refractivity contribution in [2.24, 2.45) is 16.5 Å². The third-order valence-corrected chi connectivity index (χ3v) is 3.76. The molecule has 0 saturated heterocycles. The van der Waals surface area contributed by atoms with Gasteiger partial charge in [0.15, 0.2) is 5.96 Å². The van der Waals surface area contributed by atoms with Gasteiger partial charge in [-0.15, -0.1) is 5.10 Å². The summed E-state index contributed by atoms with van der Waals surface area (Å²) in [6.07, 6.45) is 0.461. The number of aliphatic imine (C=N–C) groups is 1. The Hall–Kier alpha value is -3.50. The highest BCUT2D eigenvalue weighted by Crippen LogP contribution is 2.04. The number of nitrogens with two attached hydrogens (primary N) is 2. The van der Waals surface area contributed by atoms with Gasteiger partial charge in [-0.3, -0.25) is 14.6 Å². The van der Waals surface area contributed by atoms with Gasteiger partial charge in [0.05, 0.1) is 11.9 Å². The molecule has 6 N–H and O–H groups in total. The average molecular weight is 375 g/mol. The summed E-state index contributed by atoms with van der Waals surface area (Å²) >= 11 is 0. The number of aliphatic carboxylic acids is 1. The lowest BCUT2D eigenvalue weighted by Crippen LogP contribution is -2.41. The molecule has 0 spiro atoms. The summed E-state index contributed by atoms with van der Waals surface area (Å²) in [6, 6.07) is 5.68. The van der Waals surface area contributed by atoms with Gasteiger partial charge in [-0.05, 0) is 25.0 Å². The predicted molar refractivity (Wildman–Crippen MR) is 97.9 cm³/mol. The summed E-state index contributed by atoms with van der Waals surface area (Å²) in [4.78, 5) is 39.4. The third kappa shape index (κ3) is 5.76. The molecule has 1 atom stereocenters. The van der Waals surface area contributed by atoms with Crippen LogP contribution in [0, 0.1) is 0 Å². The minimum Gasteiger partial charge on any atom is -0.480 e. The van der Waals surface area contributed by atoms with Crippen molar-refractivity contribution >= 4 is 28.7 Å². The quantitative estimate of drug-likeness (QED) is 0.240. The van der Waals surface area contributed by atoms with Crippen LogP contribution in [0.3, 0.4) is 0 Å². The molecule has 0 bridgehead atoms. The lowest BCUT2D eigenvalue weighted by Gasteiger charge is -2.14. The van der Waals surface area contributed by atoms with Gasteiger partial charge < -0.3 is 21.9 Å². The summed E-state index contributed by atoms with van der Waals surface area (Å²) in [7, 11) is 0. The number of carbonyl (C=O) groups excluding carboxylic acids is 1. The molecular formula is C16H21N7O4. The molecule has 0 aliphatic carbocycles. The molecule has 1 aromatic heterocycles. The van der Waals surface area contributed by atoms with Gasteiger partial charge in [-0.25, -0.2) is 9.48 Å². The van der Waals surface area contributed by atoms with Gasteiger partial charge in [0.25, 0.3) is 5.56 Å². The first-order valence-electron chi connectivity index (χ1n) is 8.28. The first-order valence-corrected chi connectivity index (χ1v) is 8.28. The van der Waals surface area contributed by atoms with Gasteiger partial charge in [-0.1, -0.05) is 17.3 Å². The van der Waals surface area contributed by atoms with E-state index >= 15 is 0 Å². The Morgan fingerprint density at radius 3 is 2.74 bits per heavy atom. The Morgan fingerprint density at radius 1 is 1.30 bits per heavy atom. The molecule has 0 fully saturated rings. The Kier molecular flexibility index (Phi) is 6.80. The zero-order valence-electron chi connectivity index (χ0n) is 14.5. The summed E-state index contributed by atoms with van der Waals surface area (Å²) in [5.41, 5.74) is 10.5. The fourth-order valence-corrected chi connectivity index (χ4v) is 2.40. The van der Waals surface area contributed by atoms with Crippen LogP contribution in [0.1, 0.15) is 19.3 Å². The number of aromatic nitrogens is 3. The lowest BCUT2D eigenvalue weighted by molar-refractivity contribution is -0.142. The molecule has 144 valence electrons. The first kappa shape index (κ1) is 19.8. The van der Waals surface area contributed by atoms with E-state index < -0.39 is 17.9 Å². The van der Waals surface area contributed by atoms with Gasteiger partial charge in [-0.2, -0.15) is 0 Å². The number of nitrogens with one attached hydrogen (secondary N) is 1. The number of carboxylic acid groups (broad SMARTS) is 1. The first-order chi connectivity index (χ1) is 12.9. The number of guanidine groups is 1. The van der Waals surface area contributed by atoms with Crippen molar-refractivity contribution in [2.45, 2.75) is 31.8 Å². The molecule has 0 aliphatic heterocycles. The molecule has 0 radical (unpaired) electrons. The third-order valence-electron chi connectivity index (χ3n) is 3.76. The van der Waals surface area contributed by atoms with E-state index in [0.717, 1.165) is 4.68 Å². The second-order valence-corrected chi connectivity index (χ2v) is 5.79. The van der Waals surface area contributed by atoms with Crippen LogP contribution in [0.5, 0.6) is 0 Å². The van der Waals surface area contributed by atoms with E-state index in [1.54, 1.807) is 24.3 Å². The molecule has 0 saturated carbocycles. The molecule has 11 heteroatoms. The molecule has 1 aromatic carbocycles. The Balaban J connectivity index is 1.92. The Labute approximate surface area is 154 Å². The van der Waals surface area contributed by atoms with Crippen LogP contribution in [0.25, 0.3) is 10.9 Å². The predicted octanol–water partition coefficient (Wildman–Crippen LogP) is -1.20. The van der Waals surface area contributed by atoms with Gasteiger partial charge >= 0.3 is 5.97 Å². The van der Waals surface area contributed by atoms with E-state index in [9.17, 15) is 19.5 Å². The second kappa shape index (κ2) is 9.27. The number of carbonyl (C=O) groups is 2. The highest BCUT2D eigenvalue weighted by atomic mass is 16.4. The number of benzene rings is 1. The van der Waals surface area contributed by atoms with Crippen molar-refractivity contribution in [3.05, 3.63) is 34.6 Å². The van der Waals surface area contributed by atoms with E-state index in [0.29, 0.717) is 17.3 Å². The van der Waals surface area contributed by atoms with E-state index in [1.165, 1.54) is 0 Å². The molecular weight excluding hydrogens is 354 g/mol. The van der Waals surface area contributed by atoms with E-state index in [1.807, 2.05) is 0 Å². The Morgan fingerprint density at radius 2 is 2.04 bits per heavy atom. The van der Waals surface area contributed by atoms with E-state index in [2.05, 4.69) is 20.6 Å².